The van der Waals surface area contributed by atoms with Crippen LogP contribution in [-0.4, -0.2) is 33.0 Å². The summed E-state index contributed by atoms with van der Waals surface area (Å²) < 4.78 is 29.6. The molecule has 30 heavy (non-hydrogen) atoms. The number of nitrogens with zero attached hydrogens (tertiary/aromatic N) is 1. The third-order valence-electron chi connectivity index (χ3n) is 5.75. The Kier molecular flexibility index (Phi) is 6.80. The van der Waals surface area contributed by atoms with E-state index in [1.165, 1.54) is 22.5 Å². The monoisotopic (exact) mass is 462 g/mol. The van der Waals surface area contributed by atoms with Crippen molar-refractivity contribution in [2.24, 2.45) is 0 Å². The molecule has 0 saturated carbocycles. The Morgan fingerprint density at radius 3 is 2.73 bits per heavy atom. The summed E-state index contributed by atoms with van der Waals surface area (Å²) in [5.74, 6) is 0. The van der Waals surface area contributed by atoms with E-state index in [-0.39, 0.29) is 0 Å². The maximum atomic E-state index is 12.8. The molecule has 1 N–H and O–H groups in total. The number of thiophene rings is 1. The summed E-state index contributed by atoms with van der Waals surface area (Å²) >= 11 is 7.37. The number of unbranched alkanes of at least 4 members (excludes halogenated alkanes) is 2. The van der Waals surface area contributed by atoms with E-state index >= 15 is 0 Å². The number of benzene rings is 2. The van der Waals surface area contributed by atoms with Crippen molar-refractivity contribution < 1.29 is 8.42 Å². The summed E-state index contributed by atoms with van der Waals surface area (Å²) in [5.41, 5.74) is 3.69. The quantitative estimate of drug-likeness (QED) is 0.458. The second-order valence-electron chi connectivity index (χ2n) is 7.91. The van der Waals surface area contributed by atoms with Crippen LogP contribution in [0.2, 0.25) is 5.02 Å². The molecule has 1 aromatic heterocycles. The summed E-state index contributed by atoms with van der Waals surface area (Å²) in [4.78, 5) is 2.50. The Labute approximate surface area is 187 Å². The lowest BCUT2D eigenvalue weighted by molar-refractivity contribution is 0.248. The van der Waals surface area contributed by atoms with Gasteiger partial charge in [0.05, 0.1) is 0 Å². The van der Waals surface area contributed by atoms with Crippen LogP contribution >= 0.6 is 22.9 Å². The molecule has 7 heteroatoms. The van der Waals surface area contributed by atoms with Crippen LogP contribution in [0.5, 0.6) is 0 Å². The smallest absolute Gasteiger partial charge is 0.250 e. The molecule has 160 valence electrons. The lowest BCUT2D eigenvalue weighted by Gasteiger charge is -2.28. The molecule has 0 radical (unpaired) electrons. The highest BCUT2D eigenvalue weighted by Gasteiger charge is 2.21. The van der Waals surface area contributed by atoms with E-state index in [0.717, 1.165) is 61.0 Å². The normalized spacial score (nSPS) is 14.9. The predicted molar refractivity (Wildman–Crippen MR) is 126 cm³/mol. The van der Waals surface area contributed by atoms with Crippen LogP contribution in [0.1, 0.15) is 36.0 Å². The fraction of sp³-hybridized carbons (Fsp3) is 0.391. The molecular weight excluding hydrogens is 436 g/mol. The Hall–Kier alpha value is -1.44. The Morgan fingerprint density at radius 1 is 1.10 bits per heavy atom. The van der Waals surface area contributed by atoms with Gasteiger partial charge in [0, 0.05) is 29.4 Å². The van der Waals surface area contributed by atoms with Gasteiger partial charge in [-0.15, -0.1) is 11.3 Å². The van der Waals surface area contributed by atoms with Crippen molar-refractivity contribution >= 4 is 43.0 Å². The average Bonchev–Trinajstić information content (AvgIpc) is 3.07. The van der Waals surface area contributed by atoms with Gasteiger partial charge in [-0.3, -0.25) is 4.90 Å². The van der Waals surface area contributed by atoms with Gasteiger partial charge in [-0.05, 0) is 73.0 Å². The van der Waals surface area contributed by atoms with Gasteiger partial charge in [0.25, 0.3) is 0 Å². The van der Waals surface area contributed by atoms with Gasteiger partial charge in [-0.25, -0.2) is 13.1 Å². The molecule has 0 saturated heterocycles. The number of aryl methyl sites for hydroxylation is 1. The van der Waals surface area contributed by atoms with Crippen molar-refractivity contribution in [1.82, 2.24) is 9.62 Å². The van der Waals surface area contributed by atoms with E-state index in [4.69, 9.17) is 11.6 Å². The molecule has 4 nitrogen and oxygen atoms in total. The van der Waals surface area contributed by atoms with E-state index in [1.807, 2.05) is 19.1 Å². The Morgan fingerprint density at radius 2 is 1.90 bits per heavy atom. The molecule has 0 bridgehead atoms. The lowest BCUT2D eigenvalue weighted by Crippen LogP contribution is -2.31. The van der Waals surface area contributed by atoms with E-state index in [1.54, 1.807) is 6.07 Å². The largest absolute Gasteiger partial charge is 0.299 e. The first kappa shape index (κ1) is 21.8. The second kappa shape index (κ2) is 9.37. The van der Waals surface area contributed by atoms with Crippen molar-refractivity contribution in [3.8, 4) is 0 Å². The zero-order valence-corrected chi connectivity index (χ0v) is 19.5. The minimum absolute atomic E-state index is 0.395. The Balaban J connectivity index is 1.23. The first-order valence-corrected chi connectivity index (χ1v) is 13.1. The SMILES string of the molecule is Cc1c(S(=O)(=O)NCCCCCN2CCc3ccccc3C2)sc2ccc(Cl)cc12. The number of hydrogen-bond donors (Lipinski definition) is 1. The lowest BCUT2D eigenvalue weighted by atomic mass is 10.00. The number of rotatable bonds is 8. The number of hydrogen-bond acceptors (Lipinski definition) is 4. The Bertz CT molecular complexity index is 1140. The fourth-order valence-electron chi connectivity index (χ4n) is 4.08. The van der Waals surface area contributed by atoms with Crippen molar-refractivity contribution in [2.45, 2.75) is 43.4 Å². The summed E-state index contributed by atoms with van der Waals surface area (Å²) in [6, 6.07) is 14.2. The van der Waals surface area contributed by atoms with E-state index in [0.29, 0.717) is 15.8 Å². The average molecular weight is 463 g/mol. The van der Waals surface area contributed by atoms with E-state index < -0.39 is 10.0 Å². The van der Waals surface area contributed by atoms with Gasteiger partial charge >= 0.3 is 0 Å². The molecule has 0 spiro atoms. The maximum Gasteiger partial charge on any atom is 0.250 e. The molecule has 2 aromatic carbocycles. The maximum absolute atomic E-state index is 12.8. The molecular formula is C23H27ClN2O2S2. The number of halogens is 1. The predicted octanol–water partition coefficient (Wildman–Crippen LogP) is 5.37. The standard InChI is InChI=1S/C23H27ClN2O2S2/c1-17-21-15-20(24)9-10-22(21)29-23(17)30(27,28)25-12-5-2-6-13-26-14-11-18-7-3-4-8-19(18)16-26/h3-4,7-10,15,25H,2,5-6,11-14,16H2,1H3. The first-order chi connectivity index (χ1) is 14.4. The first-order valence-electron chi connectivity index (χ1n) is 10.4. The molecule has 3 aromatic rings. The van der Waals surface area contributed by atoms with Crippen LogP contribution < -0.4 is 4.72 Å². The van der Waals surface area contributed by atoms with Gasteiger partial charge in [0.15, 0.2) is 0 Å². The van der Waals surface area contributed by atoms with Gasteiger partial charge in [-0.2, -0.15) is 0 Å². The molecule has 0 unspecified atom stereocenters. The number of fused-ring (bicyclic) bond motifs is 2. The van der Waals surface area contributed by atoms with Crippen LogP contribution in [0.3, 0.4) is 0 Å². The summed E-state index contributed by atoms with van der Waals surface area (Å²) in [6.07, 6.45) is 4.07. The van der Waals surface area contributed by atoms with Crippen molar-refractivity contribution in [3.05, 3.63) is 64.2 Å². The van der Waals surface area contributed by atoms with Crippen LogP contribution in [0.15, 0.2) is 46.7 Å². The molecule has 0 atom stereocenters. The van der Waals surface area contributed by atoms with Crippen molar-refractivity contribution in [1.29, 1.82) is 0 Å². The summed E-state index contributed by atoms with van der Waals surface area (Å²) in [7, 11) is -3.49. The van der Waals surface area contributed by atoms with Crippen molar-refractivity contribution in [3.63, 3.8) is 0 Å². The zero-order chi connectivity index (χ0) is 21.1. The highest BCUT2D eigenvalue weighted by Crippen LogP contribution is 2.35. The third kappa shape index (κ3) is 4.89. The van der Waals surface area contributed by atoms with Gasteiger partial charge in [0.1, 0.15) is 4.21 Å². The van der Waals surface area contributed by atoms with Crippen LogP contribution in [0, 0.1) is 6.92 Å². The minimum Gasteiger partial charge on any atom is -0.299 e. The molecule has 0 aliphatic carbocycles. The number of sulfonamides is 1. The third-order valence-corrected chi connectivity index (χ3v) is 9.34. The topological polar surface area (TPSA) is 49.4 Å². The van der Waals surface area contributed by atoms with Crippen LogP contribution in [0.4, 0.5) is 0 Å². The molecule has 0 amide bonds. The summed E-state index contributed by atoms with van der Waals surface area (Å²) in [5, 5.41) is 1.54. The minimum atomic E-state index is -3.49. The molecule has 4 rings (SSSR count). The molecule has 1 aliphatic rings. The highest BCUT2D eigenvalue weighted by atomic mass is 35.5. The number of nitrogens with one attached hydrogen (secondary N) is 1. The van der Waals surface area contributed by atoms with Gasteiger partial charge in [0.2, 0.25) is 10.0 Å². The summed E-state index contributed by atoms with van der Waals surface area (Å²) in [6.45, 7) is 5.52. The van der Waals surface area contributed by atoms with Crippen LogP contribution in [-0.2, 0) is 23.0 Å². The van der Waals surface area contributed by atoms with Gasteiger partial charge < -0.3 is 0 Å². The second-order valence-corrected chi connectivity index (χ2v) is 11.4. The molecule has 2 heterocycles. The van der Waals surface area contributed by atoms with Crippen LogP contribution in [0.25, 0.3) is 10.1 Å². The molecule has 1 aliphatic heterocycles. The van der Waals surface area contributed by atoms with E-state index in [2.05, 4.69) is 33.9 Å². The van der Waals surface area contributed by atoms with E-state index in [9.17, 15) is 8.42 Å². The van der Waals surface area contributed by atoms with Crippen molar-refractivity contribution in [2.75, 3.05) is 19.6 Å². The van der Waals surface area contributed by atoms with Gasteiger partial charge in [-0.1, -0.05) is 42.3 Å². The fourth-order valence-corrected chi connectivity index (χ4v) is 7.12. The zero-order valence-electron chi connectivity index (χ0n) is 17.2. The molecule has 0 fully saturated rings. The highest BCUT2D eigenvalue weighted by molar-refractivity contribution is 7.91.